The van der Waals surface area contributed by atoms with E-state index in [0.29, 0.717) is 11.4 Å². The van der Waals surface area contributed by atoms with Crippen molar-refractivity contribution in [3.05, 3.63) is 23.9 Å². The number of hydrogen-bond acceptors (Lipinski definition) is 4. The number of ketones is 1. The highest BCUT2D eigenvalue weighted by Gasteiger charge is 2.06. The number of primary amides is 1. The Morgan fingerprint density at radius 1 is 1.47 bits per heavy atom. The minimum atomic E-state index is -0.421. The average Bonchev–Trinajstić information content (AvgIpc) is 2.17. The summed E-state index contributed by atoms with van der Waals surface area (Å²) in [5.74, 6) is 0.153. The van der Waals surface area contributed by atoms with E-state index in [1.807, 2.05) is 0 Å². The molecule has 0 saturated heterocycles. The summed E-state index contributed by atoms with van der Waals surface area (Å²) in [6.45, 7) is 1.58. The molecule has 0 saturated carbocycles. The van der Waals surface area contributed by atoms with Gasteiger partial charge >= 0.3 is 0 Å². The third-order valence-electron chi connectivity index (χ3n) is 1.94. The third kappa shape index (κ3) is 3.05. The number of nitrogens with two attached hydrogens (primary N) is 1. The summed E-state index contributed by atoms with van der Waals surface area (Å²) in [6.07, 6.45) is 1.48. The summed E-state index contributed by atoms with van der Waals surface area (Å²) < 4.78 is 0. The van der Waals surface area contributed by atoms with E-state index in [9.17, 15) is 9.59 Å². The molecule has 0 aromatic carbocycles. The fourth-order valence-corrected chi connectivity index (χ4v) is 1.13. The van der Waals surface area contributed by atoms with Gasteiger partial charge in [0.15, 0.2) is 5.78 Å². The maximum absolute atomic E-state index is 11.0. The molecule has 0 fully saturated rings. The number of amides is 1. The van der Waals surface area contributed by atoms with Crippen LogP contribution in [0.25, 0.3) is 0 Å². The van der Waals surface area contributed by atoms with E-state index >= 15 is 0 Å². The van der Waals surface area contributed by atoms with E-state index in [1.165, 1.54) is 13.1 Å². The van der Waals surface area contributed by atoms with Gasteiger partial charge in [0.25, 0.3) is 0 Å². The van der Waals surface area contributed by atoms with Gasteiger partial charge in [-0.05, 0) is 19.1 Å². The van der Waals surface area contributed by atoms with Crippen LogP contribution in [0.15, 0.2) is 18.3 Å². The van der Waals surface area contributed by atoms with Crippen LogP contribution in [-0.4, -0.2) is 30.3 Å². The molecule has 80 valence electrons. The molecule has 0 bridgehead atoms. The van der Waals surface area contributed by atoms with Gasteiger partial charge in [0.1, 0.15) is 5.82 Å². The lowest BCUT2D eigenvalue weighted by molar-refractivity contribution is -0.116. The van der Waals surface area contributed by atoms with Crippen molar-refractivity contribution >= 4 is 17.5 Å². The van der Waals surface area contributed by atoms with E-state index < -0.39 is 5.91 Å². The Labute approximate surface area is 87.9 Å². The fraction of sp³-hybridized carbons (Fsp3) is 0.300. The minimum Gasteiger partial charge on any atom is -0.368 e. The second-order valence-electron chi connectivity index (χ2n) is 3.28. The van der Waals surface area contributed by atoms with Crippen molar-refractivity contribution in [2.24, 2.45) is 5.73 Å². The molecular weight excluding hydrogens is 194 g/mol. The number of hydrogen-bond donors (Lipinski definition) is 1. The highest BCUT2D eigenvalue weighted by molar-refractivity contribution is 5.93. The number of Topliss-reactive ketones (excluding diaryl/α,β-unsaturated/α-hetero) is 1. The Bertz CT molecular complexity index is 373. The van der Waals surface area contributed by atoms with E-state index in [-0.39, 0.29) is 12.3 Å². The van der Waals surface area contributed by atoms with Crippen LogP contribution in [0.4, 0.5) is 5.82 Å². The summed E-state index contributed by atoms with van der Waals surface area (Å²) in [6, 6.07) is 3.35. The van der Waals surface area contributed by atoms with Crippen LogP contribution in [0.1, 0.15) is 17.3 Å². The Hall–Kier alpha value is -1.91. The zero-order valence-electron chi connectivity index (χ0n) is 8.73. The van der Waals surface area contributed by atoms with E-state index in [0.717, 1.165) is 0 Å². The first-order valence-corrected chi connectivity index (χ1v) is 4.47. The van der Waals surface area contributed by atoms with Crippen molar-refractivity contribution < 1.29 is 9.59 Å². The van der Waals surface area contributed by atoms with Crippen LogP contribution in [0, 0.1) is 0 Å². The molecule has 0 radical (unpaired) electrons. The summed E-state index contributed by atoms with van der Waals surface area (Å²) in [7, 11) is 1.71. The second kappa shape index (κ2) is 4.54. The number of carbonyl (C=O) groups is 2. The van der Waals surface area contributed by atoms with Crippen molar-refractivity contribution in [1.29, 1.82) is 0 Å². The molecule has 2 N–H and O–H groups in total. The van der Waals surface area contributed by atoms with E-state index in [4.69, 9.17) is 5.73 Å². The summed E-state index contributed by atoms with van der Waals surface area (Å²) >= 11 is 0. The second-order valence-corrected chi connectivity index (χ2v) is 3.28. The Morgan fingerprint density at radius 2 is 2.13 bits per heavy atom. The first-order chi connectivity index (χ1) is 7.00. The molecule has 1 rings (SSSR count). The molecule has 5 heteroatoms. The number of anilines is 1. The number of rotatable bonds is 4. The molecule has 0 atom stereocenters. The lowest BCUT2D eigenvalue weighted by Gasteiger charge is -2.15. The monoisotopic (exact) mass is 207 g/mol. The van der Waals surface area contributed by atoms with Crippen molar-refractivity contribution in [2.45, 2.75) is 6.92 Å². The molecule has 0 spiro atoms. The van der Waals surface area contributed by atoms with Gasteiger partial charge in [-0.2, -0.15) is 0 Å². The van der Waals surface area contributed by atoms with Gasteiger partial charge in [0, 0.05) is 18.8 Å². The molecular formula is C10H13N3O2. The molecule has 0 aliphatic heterocycles. The van der Waals surface area contributed by atoms with Gasteiger partial charge in [-0.3, -0.25) is 9.59 Å². The largest absolute Gasteiger partial charge is 0.368 e. The Balaban J connectivity index is 2.79. The zero-order valence-corrected chi connectivity index (χ0v) is 8.73. The van der Waals surface area contributed by atoms with Crippen LogP contribution in [0.2, 0.25) is 0 Å². The number of nitrogens with zero attached hydrogens (tertiary/aromatic N) is 2. The van der Waals surface area contributed by atoms with Gasteiger partial charge < -0.3 is 10.6 Å². The van der Waals surface area contributed by atoms with Crippen molar-refractivity contribution in [3.8, 4) is 0 Å². The van der Waals surface area contributed by atoms with Gasteiger partial charge in [-0.1, -0.05) is 0 Å². The third-order valence-corrected chi connectivity index (χ3v) is 1.94. The number of carbonyl (C=O) groups excluding carboxylic acids is 2. The molecule has 5 nitrogen and oxygen atoms in total. The minimum absolute atomic E-state index is 0.0356. The lowest BCUT2D eigenvalue weighted by Crippen LogP contribution is -2.31. The molecule has 1 aromatic rings. The lowest BCUT2D eigenvalue weighted by atomic mass is 10.2. The van der Waals surface area contributed by atoms with Gasteiger partial charge in [-0.25, -0.2) is 4.98 Å². The van der Waals surface area contributed by atoms with Crippen LogP contribution < -0.4 is 10.6 Å². The highest BCUT2D eigenvalue weighted by Crippen LogP contribution is 2.09. The number of likely N-dealkylation sites (N-methyl/N-ethyl adjacent to an activating group) is 1. The smallest absolute Gasteiger partial charge is 0.236 e. The van der Waals surface area contributed by atoms with Crippen LogP contribution in [-0.2, 0) is 4.79 Å². The molecule has 1 heterocycles. The summed E-state index contributed by atoms with van der Waals surface area (Å²) in [5.41, 5.74) is 5.59. The quantitative estimate of drug-likeness (QED) is 0.716. The molecule has 0 unspecified atom stereocenters. The van der Waals surface area contributed by atoms with Gasteiger partial charge in [-0.15, -0.1) is 0 Å². The standard InChI is InChI=1S/C10H13N3O2/c1-7(14)8-3-4-10(12-5-8)13(2)6-9(11)15/h3-5H,6H2,1-2H3,(H2,11,15). The number of aromatic nitrogens is 1. The number of pyridine rings is 1. The normalized spacial score (nSPS) is 9.73. The Kier molecular flexibility index (Phi) is 3.38. The molecule has 1 aromatic heterocycles. The van der Waals surface area contributed by atoms with Crippen molar-refractivity contribution in [2.75, 3.05) is 18.5 Å². The van der Waals surface area contributed by atoms with Crippen molar-refractivity contribution in [1.82, 2.24) is 4.98 Å². The first-order valence-electron chi connectivity index (χ1n) is 4.47. The average molecular weight is 207 g/mol. The highest BCUT2D eigenvalue weighted by atomic mass is 16.1. The van der Waals surface area contributed by atoms with Crippen LogP contribution >= 0.6 is 0 Å². The SMILES string of the molecule is CC(=O)c1ccc(N(C)CC(N)=O)nc1. The summed E-state index contributed by atoms with van der Waals surface area (Å²) in [4.78, 5) is 27.3. The van der Waals surface area contributed by atoms with E-state index in [1.54, 1.807) is 24.1 Å². The summed E-state index contributed by atoms with van der Waals surface area (Å²) in [5, 5.41) is 0. The zero-order chi connectivity index (χ0) is 11.4. The van der Waals surface area contributed by atoms with Gasteiger partial charge in [0.2, 0.25) is 5.91 Å². The molecule has 0 aliphatic rings. The van der Waals surface area contributed by atoms with Crippen LogP contribution in [0.3, 0.4) is 0 Å². The van der Waals surface area contributed by atoms with E-state index in [2.05, 4.69) is 4.98 Å². The van der Waals surface area contributed by atoms with Crippen LogP contribution in [0.5, 0.6) is 0 Å². The molecule has 1 amide bonds. The fourth-order valence-electron chi connectivity index (χ4n) is 1.13. The van der Waals surface area contributed by atoms with Gasteiger partial charge in [0.05, 0.1) is 6.54 Å². The Morgan fingerprint density at radius 3 is 2.53 bits per heavy atom. The first kappa shape index (κ1) is 11.2. The van der Waals surface area contributed by atoms with Crippen molar-refractivity contribution in [3.63, 3.8) is 0 Å². The molecule has 0 aliphatic carbocycles. The maximum Gasteiger partial charge on any atom is 0.236 e. The molecule has 15 heavy (non-hydrogen) atoms. The maximum atomic E-state index is 11.0. The topological polar surface area (TPSA) is 76.3 Å². The predicted molar refractivity (Wildman–Crippen MR) is 56.7 cm³/mol. The predicted octanol–water partition coefficient (Wildman–Crippen LogP) is 0.206.